The van der Waals surface area contributed by atoms with Gasteiger partial charge < -0.3 is 4.74 Å². The number of halogens is 1. The second-order valence-electron chi connectivity index (χ2n) is 4.27. The molecule has 0 heterocycles. The zero-order valence-corrected chi connectivity index (χ0v) is 13.5. The standard InChI is InChI=1S/C14H14BrNO3S/c1-10-4-3-5-12(8-10)20(17,18)16-13-9-11(15)6-7-14(13)19-2/h3-9,16H,1-2H3. The van der Waals surface area contributed by atoms with Gasteiger partial charge in [0.2, 0.25) is 0 Å². The van der Waals surface area contributed by atoms with Crippen LogP contribution in [0.2, 0.25) is 0 Å². The molecule has 0 radical (unpaired) electrons. The summed E-state index contributed by atoms with van der Waals surface area (Å²) in [5.74, 6) is 0.462. The Morgan fingerprint density at radius 2 is 1.90 bits per heavy atom. The van der Waals surface area contributed by atoms with Gasteiger partial charge in [-0.1, -0.05) is 28.1 Å². The van der Waals surface area contributed by atoms with E-state index in [4.69, 9.17) is 4.74 Å². The first-order valence-electron chi connectivity index (χ1n) is 5.85. The molecule has 6 heteroatoms. The number of hydrogen-bond acceptors (Lipinski definition) is 3. The van der Waals surface area contributed by atoms with E-state index in [-0.39, 0.29) is 4.90 Å². The van der Waals surface area contributed by atoms with E-state index < -0.39 is 10.0 Å². The summed E-state index contributed by atoms with van der Waals surface area (Å²) in [5, 5.41) is 0. The van der Waals surface area contributed by atoms with Gasteiger partial charge in [0.1, 0.15) is 5.75 Å². The number of nitrogens with one attached hydrogen (secondary N) is 1. The molecule has 0 fully saturated rings. The first kappa shape index (κ1) is 14.9. The minimum Gasteiger partial charge on any atom is -0.495 e. The Morgan fingerprint density at radius 1 is 1.15 bits per heavy atom. The summed E-state index contributed by atoms with van der Waals surface area (Å²) < 4.78 is 33.2. The minimum absolute atomic E-state index is 0.222. The van der Waals surface area contributed by atoms with Crippen LogP contribution in [0.4, 0.5) is 5.69 Å². The van der Waals surface area contributed by atoms with Gasteiger partial charge in [0, 0.05) is 4.47 Å². The second kappa shape index (κ2) is 5.85. The van der Waals surface area contributed by atoms with Crippen molar-refractivity contribution < 1.29 is 13.2 Å². The monoisotopic (exact) mass is 355 g/mol. The van der Waals surface area contributed by atoms with Crippen molar-refractivity contribution in [2.24, 2.45) is 0 Å². The summed E-state index contributed by atoms with van der Waals surface area (Å²) in [6, 6.07) is 11.9. The molecule has 0 bridgehead atoms. The largest absolute Gasteiger partial charge is 0.495 e. The van der Waals surface area contributed by atoms with E-state index in [1.54, 1.807) is 36.4 Å². The average molecular weight is 356 g/mol. The fraction of sp³-hybridized carbons (Fsp3) is 0.143. The normalized spacial score (nSPS) is 11.2. The number of rotatable bonds is 4. The Bertz CT molecular complexity index is 729. The van der Waals surface area contributed by atoms with Gasteiger partial charge in [0.05, 0.1) is 17.7 Å². The summed E-state index contributed by atoms with van der Waals surface area (Å²) in [6.45, 7) is 1.85. The molecule has 0 unspecified atom stereocenters. The van der Waals surface area contributed by atoms with Gasteiger partial charge in [-0.15, -0.1) is 0 Å². The van der Waals surface area contributed by atoms with Crippen molar-refractivity contribution in [2.75, 3.05) is 11.8 Å². The molecular weight excluding hydrogens is 342 g/mol. The molecule has 0 aliphatic heterocycles. The molecule has 0 aromatic heterocycles. The Kier molecular flexibility index (Phi) is 4.35. The summed E-state index contributed by atoms with van der Waals surface area (Å²) in [4.78, 5) is 0.222. The average Bonchev–Trinajstić information content (AvgIpc) is 2.38. The van der Waals surface area contributed by atoms with Crippen LogP contribution >= 0.6 is 15.9 Å². The van der Waals surface area contributed by atoms with E-state index in [1.807, 2.05) is 13.0 Å². The third-order valence-electron chi connectivity index (χ3n) is 2.71. The molecule has 1 N–H and O–H groups in total. The van der Waals surface area contributed by atoms with Crippen LogP contribution in [0, 0.1) is 6.92 Å². The zero-order chi connectivity index (χ0) is 14.8. The predicted molar refractivity (Wildman–Crippen MR) is 82.7 cm³/mol. The van der Waals surface area contributed by atoms with E-state index >= 15 is 0 Å². The zero-order valence-electron chi connectivity index (χ0n) is 11.1. The molecule has 2 rings (SSSR count). The highest BCUT2D eigenvalue weighted by Gasteiger charge is 2.16. The Morgan fingerprint density at radius 3 is 2.55 bits per heavy atom. The minimum atomic E-state index is -3.64. The van der Waals surface area contributed by atoms with E-state index in [0.717, 1.165) is 10.0 Å². The molecule has 4 nitrogen and oxygen atoms in total. The van der Waals surface area contributed by atoms with Crippen molar-refractivity contribution >= 4 is 31.6 Å². The molecule has 0 aliphatic rings. The molecule has 0 atom stereocenters. The molecule has 0 spiro atoms. The lowest BCUT2D eigenvalue weighted by atomic mass is 10.2. The molecule has 2 aromatic rings. The number of benzene rings is 2. The van der Waals surface area contributed by atoms with Crippen molar-refractivity contribution in [3.8, 4) is 5.75 Å². The second-order valence-corrected chi connectivity index (χ2v) is 6.86. The molecule has 20 heavy (non-hydrogen) atoms. The third-order valence-corrected chi connectivity index (χ3v) is 4.56. The topological polar surface area (TPSA) is 55.4 Å². The molecule has 0 saturated heterocycles. The smallest absolute Gasteiger partial charge is 0.262 e. The number of ether oxygens (including phenoxy) is 1. The van der Waals surface area contributed by atoms with Gasteiger partial charge in [0.25, 0.3) is 10.0 Å². The summed E-state index contributed by atoms with van der Waals surface area (Å²) >= 11 is 3.31. The summed E-state index contributed by atoms with van der Waals surface area (Å²) in [7, 11) is -2.14. The van der Waals surface area contributed by atoms with E-state index in [0.29, 0.717) is 11.4 Å². The van der Waals surface area contributed by atoms with Crippen LogP contribution in [0.5, 0.6) is 5.75 Å². The Hall–Kier alpha value is -1.53. The highest BCUT2D eigenvalue weighted by Crippen LogP contribution is 2.30. The van der Waals surface area contributed by atoms with Gasteiger partial charge in [-0.05, 0) is 42.8 Å². The van der Waals surface area contributed by atoms with Crippen LogP contribution in [0.1, 0.15) is 5.56 Å². The Balaban J connectivity index is 2.40. The van der Waals surface area contributed by atoms with Crippen LogP contribution in [-0.2, 0) is 10.0 Å². The predicted octanol–water partition coefficient (Wildman–Crippen LogP) is 3.57. The number of sulfonamides is 1. The number of aryl methyl sites for hydroxylation is 1. The number of methoxy groups -OCH3 is 1. The van der Waals surface area contributed by atoms with Gasteiger partial charge in [0.15, 0.2) is 0 Å². The van der Waals surface area contributed by atoms with E-state index in [9.17, 15) is 8.42 Å². The summed E-state index contributed by atoms with van der Waals surface area (Å²) in [5.41, 5.74) is 1.28. The molecule has 0 aliphatic carbocycles. The van der Waals surface area contributed by atoms with Crippen LogP contribution < -0.4 is 9.46 Å². The van der Waals surface area contributed by atoms with E-state index in [1.165, 1.54) is 7.11 Å². The fourth-order valence-corrected chi connectivity index (χ4v) is 3.27. The van der Waals surface area contributed by atoms with Crippen LogP contribution in [0.15, 0.2) is 51.8 Å². The Labute approximate surface area is 127 Å². The lowest BCUT2D eigenvalue weighted by molar-refractivity contribution is 0.417. The maximum atomic E-state index is 12.4. The van der Waals surface area contributed by atoms with Crippen molar-refractivity contribution in [1.29, 1.82) is 0 Å². The van der Waals surface area contributed by atoms with Crippen LogP contribution in [0.25, 0.3) is 0 Å². The quantitative estimate of drug-likeness (QED) is 0.911. The molecule has 106 valence electrons. The van der Waals surface area contributed by atoms with Gasteiger partial charge in [-0.3, -0.25) is 4.72 Å². The molecule has 0 saturated carbocycles. The lowest BCUT2D eigenvalue weighted by Crippen LogP contribution is -2.13. The lowest BCUT2D eigenvalue weighted by Gasteiger charge is -2.12. The van der Waals surface area contributed by atoms with E-state index in [2.05, 4.69) is 20.7 Å². The van der Waals surface area contributed by atoms with Gasteiger partial charge in [-0.2, -0.15) is 0 Å². The first-order valence-corrected chi connectivity index (χ1v) is 8.13. The van der Waals surface area contributed by atoms with Crippen molar-refractivity contribution in [1.82, 2.24) is 0 Å². The maximum absolute atomic E-state index is 12.4. The fourth-order valence-electron chi connectivity index (χ4n) is 1.75. The highest BCUT2D eigenvalue weighted by molar-refractivity contribution is 9.10. The van der Waals surface area contributed by atoms with Crippen molar-refractivity contribution in [3.05, 3.63) is 52.5 Å². The molecule has 0 amide bonds. The third kappa shape index (κ3) is 3.32. The number of hydrogen-bond donors (Lipinski definition) is 1. The maximum Gasteiger partial charge on any atom is 0.262 e. The van der Waals surface area contributed by atoms with Gasteiger partial charge >= 0.3 is 0 Å². The first-order chi connectivity index (χ1) is 9.42. The van der Waals surface area contributed by atoms with Crippen LogP contribution in [-0.4, -0.2) is 15.5 Å². The molecule has 2 aromatic carbocycles. The van der Waals surface area contributed by atoms with Crippen molar-refractivity contribution in [3.63, 3.8) is 0 Å². The number of anilines is 1. The van der Waals surface area contributed by atoms with Crippen molar-refractivity contribution in [2.45, 2.75) is 11.8 Å². The summed E-state index contributed by atoms with van der Waals surface area (Å²) in [6.07, 6.45) is 0. The SMILES string of the molecule is COc1ccc(Br)cc1NS(=O)(=O)c1cccc(C)c1. The molecular formula is C14H14BrNO3S. The highest BCUT2D eigenvalue weighted by atomic mass is 79.9. The van der Waals surface area contributed by atoms with Crippen LogP contribution in [0.3, 0.4) is 0 Å². The van der Waals surface area contributed by atoms with Gasteiger partial charge in [-0.25, -0.2) is 8.42 Å².